The first-order valence-electron chi connectivity index (χ1n) is 27.3. The molecule has 66 heavy (non-hydrogen) atoms. The zero-order valence-corrected chi connectivity index (χ0v) is 40.9. The second-order valence-electron chi connectivity index (χ2n) is 21.7. The second kappa shape index (κ2) is 21.1. The molecule has 4 aromatic rings. The fourth-order valence-corrected chi connectivity index (χ4v) is 16.2. The number of likely N-dealkylation sites (tertiary alicyclic amines) is 1. The van der Waals surface area contributed by atoms with Crippen molar-refractivity contribution < 1.29 is 0 Å². The highest BCUT2D eigenvalue weighted by molar-refractivity contribution is 5.34. The second-order valence-corrected chi connectivity index (χ2v) is 21.7. The van der Waals surface area contributed by atoms with E-state index in [0.29, 0.717) is 41.5 Å². The molecule has 0 radical (unpaired) electrons. The first kappa shape index (κ1) is 46.4. The molecule has 0 saturated carbocycles. The van der Waals surface area contributed by atoms with Crippen LogP contribution in [0.1, 0.15) is 163 Å². The van der Waals surface area contributed by atoms with Crippen LogP contribution in [0.25, 0.3) is 0 Å². The number of nitrogens with one attached hydrogen (secondary N) is 1. The summed E-state index contributed by atoms with van der Waals surface area (Å²) in [5.74, 6) is 2.74. The van der Waals surface area contributed by atoms with E-state index in [2.05, 4.69) is 160 Å². The number of hydrogen-bond acceptors (Lipinski definition) is 6. The predicted octanol–water partition coefficient (Wildman–Crippen LogP) is 11.9. The molecule has 6 heterocycles. The van der Waals surface area contributed by atoms with Gasteiger partial charge in [0, 0.05) is 30.5 Å². The molecular weight excluding hydrogens is 807 g/mol. The summed E-state index contributed by atoms with van der Waals surface area (Å²) in [6, 6.07) is 48.5. The van der Waals surface area contributed by atoms with E-state index in [0.717, 1.165) is 32.5 Å². The number of hydrogen-bond donors (Lipinski definition) is 2. The highest BCUT2D eigenvalue weighted by Gasteiger charge is 2.66. The van der Waals surface area contributed by atoms with Crippen LogP contribution in [0.4, 0.5) is 0 Å². The van der Waals surface area contributed by atoms with Gasteiger partial charge in [0.2, 0.25) is 0 Å². The predicted molar refractivity (Wildman–Crippen MR) is 275 cm³/mol. The van der Waals surface area contributed by atoms with Crippen LogP contribution in [0, 0.1) is 11.8 Å². The van der Waals surface area contributed by atoms with Gasteiger partial charge in [0.25, 0.3) is 0 Å². The Morgan fingerprint density at radius 2 is 1.00 bits per heavy atom. The number of nitrogens with two attached hydrogens (primary N) is 1. The molecule has 6 aliphatic heterocycles. The van der Waals surface area contributed by atoms with E-state index in [4.69, 9.17) is 5.73 Å². The Bertz CT molecular complexity index is 2080. The summed E-state index contributed by atoms with van der Waals surface area (Å²) in [6.07, 6.45) is 19.6. The van der Waals surface area contributed by atoms with Gasteiger partial charge >= 0.3 is 0 Å². The van der Waals surface area contributed by atoms with Crippen molar-refractivity contribution in [2.45, 2.75) is 170 Å². The van der Waals surface area contributed by atoms with E-state index < -0.39 is 0 Å². The lowest BCUT2D eigenvalue weighted by atomic mass is 9.63. The zero-order chi connectivity index (χ0) is 44.9. The van der Waals surface area contributed by atoms with Crippen LogP contribution in [-0.4, -0.2) is 95.0 Å². The molecule has 10 atom stereocenters. The Kier molecular flexibility index (Phi) is 14.8. The van der Waals surface area contributed by atoms with Gasteiger partial charge in [-0.3, -0.25) is 19.6 Å². The zero-order valence-electron chi connectivity index (χ0n) is 40.9. The third-order valence-corrected chi connectivity index (χ3v) is 18.4. The average Bonchev–Trinajstić information content (AvgIpc) is 3.64. The number of nitrogens with zero attached hydrogens (tertiary/aromatic N) is 4. The highest BCUT2D eigenvalue weighted by Crippen LogP contribution is 2.61. The molecule has 10 rings (SSSR count). The van der Waals surface area contributed by atoms with Crippen LogP contribution in [0.2, 0.25) is 0 Å². The van der Waals surface area contributed by atoms with Gasteiger partial charge in [0.05, 0.1) is 17.5 Å². The van der Waals surface area contributed by atoms with Crippen LogP contribution < -0.4 is 11.1 Å². The SMILES string of the molecule is CCCC1C(c2ccccc2)CCCN2CCCC(c3ccccc3)C12N1CCC([15NH2])CC1[15N](C1CCNCC1)C12C(c3ccccc3)CCCN1CCCC(c1ccccc1)C2CCC. The molecule has 10 unspecified atom stereocenters. The topological polar surface area (TPSA) is 51.0 Å². The van der Waals surface area contributed by atoms with E-state index in [1.165, 1.54) is 116 Å². The number of piperidine rings is 4. The lowest BCUT2D eigenvalue weighted by molar-refractivity contribution is -0.251. The molecule has 0 aromatic heterocycles. The lowest BCUT2D eigenvalue weighted by Crippen LogP contribution is -2.81. The van der Waals surface area contributed by atoms with Crippen LogP contribution in [0.15, 0.2) is 121 Å². The molecule has 6 aliphatic rings. The van der Waals surface area contributed by atoms with E-state index in [1.807, 2.05) is 0 Å². The maximum atomic E-state index is 7.63. The summed E-state index contributed by atoms with van der Waals surface area (Å²) in [5, 5.41) is 3.90. The molecule has 0 spiro atoms. The molecule has 0 aliphatic carbocycles. The lowest BCUT2D eigenvalue weighted by Gasteiger charge is -2.70. The fraction of sp³-hybridized carbons (Fsp3) is 0.600. The monoisotopic (exact) mass is 891 g/mol. The van der Waals surface area contributed by atoms with Crippen molar-refractivity contribution in [3.05, 3.63) is 144 Å². The third-order valence-electron chi connectivity index (χ3n) is 18.4. The Hall–Kier alpha value is -3.36. The minimum absolute atomic E-state index is 0.162. The standard InChI is InChI=1S/C60H84N6/c1-3-21-56-52(46-23-9-5-10-24-46)31-17-40-63-42-19-33-54(48-27-13-7-14-28-48)59(56,63)65-44-37-50(61)45-58(65)66(51-35-38-62-39-36-51)60-55(49-29-15-8-16-30-49)34-20-43-64(60)41-18-32-53(57(60)22-4-2)47-25-11-6-12-26-47/h5-16,23-30,50-58,62H,3-4,17-22,31-45,61H2,1-2H3/i61+1,66+1. The summed E-state index contributed by atoms with van der Waals surface area (Å²) < 4.78 is 0. The van der Waals surface area contributed by atoms with E-state index in [1.54, 1.807) is 22.3 Å². The Morgan fingerprint density at radius 1 is 0.530 bits per heavy atom. The van der Waals surface area contributed by atoms with Gasteiger partial charge in [0.15, 0.2) is 0 Å². The van der Waals surface area contributed by atoms with Crippen LogP contribution >= 0.6 is 0 Å². The molecule has 3 N–H and O–H groups in total. The van der Waals surface area contributed by atoms with Crippen molar-refractivity contribution in [3.63, 3.8) is 0 Å². The van der Waals surface area contributed by atoms with Gasteiger partial charge in [-0.2, -0.15) is 0 Å². The third kappa shape index (κ3) is 8.46. The van der Waals surface area contributed by atoms with E-state index in [-0.39, 0.29) is 23.5 Å². The summed E-state index contributed by atoms with van der Waals surface area (Å²) in [4.78, 5) is 13.0. The molecule has 6 heteroatoms. The molecule has 0 amide bonds. The maximum Gasteiger partial charge on any atom is 0.0857 e. The summed E-state index contributed by atoms with van der Waals surface area (Å²) in [7, 11) is 0. The van der Waals surface area contributed by atoms with Gasteiger partial charge in [-0.25, -0.2) is 0 Å². The van der Waals surface area contributed by atoms with Crippen LogP contribution in [0.5, 0.6) is 0 Å². The fourth-order valence-electron chi connectivity index (χ4n) is 16.2. The van der Waals surface area contributed by atoms with Crippen molar-refractivity contribution in [1.82, 2.24) is 24.9 Å². The van der Waals surface area contributed by atoms with Crippen molar-refractivity contribution in [2.24, 2.45) is 17.6 Å². The first-order chi connectivity index (χ1) is 32.6. The normalized spacial score (nSPS) is 34.2. The number of rotatable bonds is 12. The minimum atomic E-state index is -0.184. The average molecular weight is 891 g/mol. The van der Waals surface area contributed by atoms with Crippen molar-refractivity contribution in [2.75, 3.05) is 45.8 Å². The number of benzene rings is 4. The molecular formula is C60H84N6. The summed E-state index contributed by atoms with van der Waals surface area (Å²) in [6.45, 7) is 12.9. The van der Waals surface area contributed by atoms with Gasteiger partial charge in [-0.05, 0) is 175 Å². The van der Waals surface area contributed by atoms with Crippen LogP contribution in [0.3, 0.4) is 0 Å². The molecule has 6 saturated heterocycles. The quantitative estimate of drug-likeness (QED) is 0.138. The Morgan fingerprint density at radius 3 is 1.56 bits per heavy atom. The van der Waals surface area contributed by atoms with Crippen molar-refractivity contribution in [1.29, 1.82) is 0 Å². The molecule has 6 nitrogen and oxygen atoms in total. The largest absolute Gasteiger partial charge is 0.328 e. The van der Waals surface area contributed by atoms with Gasteiger partial charge in [0.1, 0.15) is 0 Å². The van der Waals surface area contributed by atoms with Gasteiger partial charge in [-0.15, -0.1) is 0 Å². The smallest absolute Gasteiger partial charge is 0.0857 e. The maximum absolute atomic E-state index is 7.63. The summed E-state index contributed by atoms with van der Waals surface area (Å²) in [5.41, 5.74) is 13.5. The van der Waals surface area contributed by atoms with Crippen LogP contribution in [-0.2, 0) is 0 Å². The van der Waals surface area contributed by atoms with E-state index in [9.17, 15) is 0 Å². The van der Waals surface area contributed by atoms with E-state index >= 15 is 0 Å². The van der Waals surface area contributed by atoms with Gasteiger partial charge in [-0.1, -0.05) is 148 Å². The van der Waals surface area contributed by atoms with Crippen molar-refractivity contribution >= 4 is 0 Å². The number of fused-ring (bicyclic) bond motifs is 2. The van der Waals surface area contributed by atoms with Gasteiger partial charge < -0.3 is 11.1 Å². The summed E-state index contributed by atoms with van der Waals surface area (Å²) >= 11 is 0. The Balaban J connectivity index is 1.27. The highest BCUT2D eigenvalue weighted by atomic mass is 16.0. The molecule has 354 valence electrons. The minimum Gasteiger partial charge on any atom is -0.328 e. The molecule has 0 bridgehead atoms. The van der Waals surface area contributed by atoms with Crippen molar-refractivity contribution in [3.8, 4) is 0 Å². The Labute approximate surface area is 400 Å². The molecule has 6 fully saturated rings. The first-order valence-corrected chi connectivity index (χ1v) is 27.3. The molecule has 4 aromatic carbocycles.